The number of benzene rings is 2. The highest BCUT2D eigenvalue weighted by molar-refractivity contribution is 9.10. The first-order chi connectivity index (χ1) is 9.60. The Morgan fingerprint density at radius 3 is 2.55 bits per heavy atom. The highest BCUT2D eigenvalue weighted by atomic mass is 79.9. The molecule has 0 unspecified atom stereocenters. The van der Waals surface area contributed by atoms with Gasteiger partial charge in [0.25, 0.3) is 0 Å². The van der Waals surface area contributed by atoms with Crippen LogP contribution in [0.5, 0.6) is 5.75 Å². The lowest BCUT2D eigenvalue weighted by Gasteiger charge is -2.15. The summed E-state index contributed by atoms with van der Waals surface area (Å²) in [6.45, 7) is 3.37. The molecule has 20 heavy (non-hydrogen) atoms. The normalized spacial score (nSPS) is 10.6. The molecule has 0 bridgehead atoms. The van der Waals surface area contributed by atoms with Crippen LogP contribution in [0.3, 0.4) is 0 Å². The van der Waals surface area contributed by atoms with Gasteiger partial charge < -0.3 is 10.1 Å². The maximum atomic E-state index is 6.00. The first-order valence-corrected chi connectivity index (χ1v) is 7.58. The second-order valence-electron chi connectivity index (χ2n) is 4.66. The van der Waals surface area contributed by atoms with Gasteiger partial charge in [-0.2, -0.15) is 0 Å². The molecule has 0 aliphatic rings. The summed E-state index contributed by atoms with van der Waals surface area (Å²) in [6.07, 6.45) is 0. The summed E-state index contributed by atoms with van der Waals surface area (Å²) < 4.78 is 7.07. The Kier molecular flexibility index (Phi) is 5.46. The summed E-state index contributed by atoms with van der Waals surface area (Å²) in [7, 11) is 1.93. The predicted molar refractivity (Wildman–Crippen MR) is 87.4 cm³/mol. The standard InChI is InChI=1S/C16H17BrClNO/c1-11-7-14(17)8-13(9-19-2)16(11)20-10-12-3-5-15(18)6-4-12/h3-8,19H,9-10H2,1-2H3. The predicted octanol–water partition coefficient (Wildman–Crippen LogP) is 4.71. The molecule has 0 aromatic heterocycles. The number of ether oxygens (including phenoxy) is 1. The Balaban J connectivity index is 2.17. The van der Waals surface area contributed by atoms with Gasteiger partial charge in [-0.1, -0.05) is 39.7 Å². The first kappa shape index (κ1) is 15.4. The van der Waals surface area contributed by atoms with Crippen LogP contribution in [0.4, 0.5) is 0 Å². The highest BCUT2D eigenvalue weighted by Crippen LogP contribution is 2.29. The molecule has 0 aliphatic carbocycles. The van der Waals surface area contributed by atoms with Crippen molar-refractivity contribution in [1.82, 2.24) is 5.32 Å². The van der Waals surface area contributed by atoms with Crippen molar-refractivity contribution in [2.75, 3.05) is 7.05 Å². The van der Waals surface area contributed by atoms with Crippen LogP contribution in [0.1, 0.15) is 16.7 Å². The van der Waals surface area contributed by atoms with Crippen molar-refractivity contribution >= 4 is 27.5 Å². The minimum absolute atomic E-state index is 0.538. The lowest BCUT2D eigenvalue weighted by Crippen LogP contribution is -2.08. The molecule has 0 spiro atoms. The van der Waals surface area contributed by atoms with Crippen LogP contribution >= 0.6 is 27.5 Å². The van der Waals surface area contributed by atoms with Crippen LogP contribution in [0.2, 0.25) is 5.02 Å². The molecule has 2 rings (SSSR count). The second-order valence-corrected chi connectivity index (χ2v) is 6.01. The Morgan fingerprint density at radius 2 is 1.90 bits per heavy atom. The SMILES string of the molecule is CNCc1cc(Br)cc(C)c1OCc1ccc(Cl)cc1. The molecule has 106 valence electrons. The van der Waals surface area contributed by atoms with Crippen molar-refractivity contribution in [3.05, 3.63) is 62.6 Å². The van der Waals surface area contributed by atoms with E-state index in [0.29, 0.717) is 6.61 Å². The molecule has 1 N–H and O–H groups in total. The smallest absolute Gasteiger partial charge is 0.127 e. The largest absolute Gasteiger partial charge is 0.488 e. The fourth-order valence-electron chi connectivity index (χ4n) is 2.06. The summed E-state index contributed by atoms with van der Waals surface area (Å²) in [5.41, 5.74) is 3.37. The molecule has 2 aromatic carbocycles. The summed E-state index contributed by atoms with van der Waals surface area (Å²) in [4.78, 5) is 0. The van der Waals surface area contributed by atoms with E-state index in [2.05, 4.69) is 40.3 Å². The van der Waals surface area contributed by atoms with E-state index in [-0.39, 0.29) is 0 Å². The molecule has 0 fully saturated rings. The fraction of sp³-hybridized carbons (Fsp3) is 0.250. The minimum atomic E-state index is 0.538. The van der Waals surface area contributed by atoms with Gasteiger partial charge in [0.05, 0.1) is 0 Å². The zero-order valence-corrected chi connectivity index (χ0v) is 13.9. The molecule has 2 nitrogen and oxygen atoms in total. The number of nitrogens with one attached hydrogen (secondary N) is 1. The number of rotatable bonds is 5. The zero-order valence-electron chi connectivity index (χ0n) is 11.5. The van der Waals surface area contributed by atoms with E-state index in [1.54, 1.807) is 0 Å². The lowest BCUT2D eigenvalue weighted by molar-refractivity contribution is 0.300. The van der Waals surface area contributed by atoms with Gasteiger partial charge in [-0.25, -0.2) is 0 Å². The summed E-state index contributed by atoms with van der Waals surface area (Å²) in [5.74, 6) is 0.942. The summed E-state index contributed by atoms with van der Waals surface area (Å²) >= 11 is 9.41. The van der Waals surface area contributed by atoms with Crippen LogP contribution in [0, 0.1) is 6.92 Å². The monoisotopic (exact) mass is 353 g/mol. The van der Waals surface area contributed by atoms with Gasteiger partial charge in [0.2, 0.25) is 0 Å². The third-order valence-electron chi connectivity index (χ3n) is 2.98. The van der Waals surface area contributed by atoms with Crippen molar-refractivity contribution in [3.63, 3.8) is 0 Å². The van der Waals surface area contributed by atoms with Gasteiger partial charge in [0.1, 0.15) is 12.4 Å². The van der Waals surface area contributed by atoms with Gasteiger partial charge in [0.15, 0.2) is 0 Å². The van der Waals surface area contributed by atoms with Crippen LogP contribution in [-0.4, -0.2) is 7.05 Å². The maximum absolute atomic E-state index is 6.00. The van der Waals surface area contributed by atoms with Crippen molar-refractivity contribution in [2.24, 2.45) is 0 Å². The Bertz CT molecular complexity index is 584. The van der Waals surface area contributed by atoms with Crippen molar-refractivity contribution in [2.45, 2.75) is 20.1 Å². The average molecular weight is 355 g/mol. The van der Waals surface area contributed by atoms with Crippen molar-refractivity contribution in [1.29, 1.82) is 0 Å². The van der Waals surface area contributed by atoms with Gasteiger partial charge in [-0.3, -0.25) is 0 Å². The molecular formula is C16H17BrClNO. The number of halogens is 2. The molecular weight excluding hydrogens is 338 g/mol. The van der Waals surface area contributed by atoms with Gasteiger partial charge in [-0.15, -0.1) is 0 Å². The molecule has 0 amide bonds. The quantitative estimate of drug-likeness (QED) is 0.839. The number of hydrogen-bond acceptors (Lipinski definition) is 2. The number of hydrogen-bond donors (Lipinski definition) is 1. The molecule has 4 heteroatoms. The van der Waals surface area contributed by atoms with E-state index in [4.69, 9.17) is 16.3 Å². The summed E-state index contributed by atoms with van der Waals surface area (Å²) in [6, 6.07) is 11.9. The lowest BCUT2D eigenvalue weighted by atomic mass is 10.1. The minimum Gasteiger partial charge on any atom is -0.488 e. The second kappa shape index (κ2) is 7.11. The highest BCUT2D eigenvalue weighted by Gasteiger charge is 2.09. The van der Waals surface area contributed by atoms with Gasteiger partial charge in [0, 0.05) is 21.6 Å². The topological polar surface area (TPSA) is 21.3 Å². The van der Waals surface area contributed by atoms with E-state index in [9.17, 15) is 0 Å². The molecule has 0 atom stereocenters. The van der Waals surface area contributed by atoms with E-state index in [0.717, 1.165) is 38.5 Å². The molecule has 0 aliphatic heterocycles. The van der Waals surface area contributed by atoms with Crippen LogP contribution in [0.25, 0.3) is 0 Å². The van der Waals surface area contributed by atoms with Crippen LogP contribution in [-0.2, 0) is 13.2 Å². The molecule has 2 aromatic rings. The van der Waals surface area contributed by atoms with E-state index >= 15 is 0 Å². The van der Waals surface area contributed by atoms with E-state index < -0.39 is 0 Å². The average Bonchev–Trinajstić information content (AvgIpc) is 2.40. The zero-order chi connectivity index (χ0) is 14.5. The number of aryl methyl sites for hydroxylation is 1. The fourth-order valence-corrected chi connectivity index (χ4v) is 2.81. The summed E-state index contributed by atoms with van der Waals surface area (Å²) in [5, 5.41) is 3.91. The van der Waals surface area contributed by atoms with E-state index in [1.165, 1.54) is 0 Å². The van der Waals surface area contributed by atoms with Gasteiger partial charge in [-0.05, 0) is 49.4 Å². The van der Waals surface area contributed by atoms with Crippen molar-refractivity contribution in [3.8, 4) is 5.75 Å². The molecule has 0 saturated heterocycles. The van der Waals surface area contributed by atoms with Crippen LogP contribution in [0.15, 0.2) is 40.9 Å². The van der Waals surface area contributed by atoms with Gasteiger partial charge >= 0.3 is 0 Å². The maximum Gasteiger partial charge on any atom is 0.127 e. The Labute approximate surface area is 133 Å². The Morgan fingerprint density at radius 1 is 1.20 bits per heavy atom. The first-order valence-electron chi connectivity index (χ1n) is 6.41. The third kappa shape index (κ3) is 3.98. The van der Waals surface area contributed by atoms with E-state index in [1.807, 2.05) is 31.3 Å². The van der Waals surface area contributed by atoms with Crippen molar-refractivity contribution < 1.29 is 4.74 Å². The Hall–Kier alpha value is -1.03. The third-order valence-corrected chi connectivity index (χ3v) is 3.69. The molecule has 0 radical (unpaired) electrons. The molecule has 0 saturated carbocycles. The molecule has 0 heterocycles. The van der Waals surface area contributed by atoms with Crippen LogP contribution < -0.4 is 10.1 Å².